The number of nitriles is 1. The summed E-state index contributed by atoms with van der Waals surface area (Å²) in [5.74, 6) is 0.982. The van der Waals surface area contributed by atoms with Crippen LogP contribution in [0.1, 0.15) is 30.8 Å². The Morgan fingerprint density at radius 2 is 1.85 bits per heavy atom. The molecule has 0 spiro atoms. The average Bonchev–Trinajstić information content (AvgIpc) is 2.75. The molecular formula is C16H22N4. The summed E-state index contributed by atoms with van der Waals surface area (Å²) in [6.07, 6.45) is 0. The first-order valence-corrected chi connectivity index (χ1v) is 7.16. The largest absolute Gasteiger partial charge is 0.313 e. The molecule has 2 rings (SSSR count). The quantitative estimate of drug-likeness (QED) is 0.839. The Labute approximate surface area is 120 Å². The first kappa shape index (κ1) is 14.5. The molecule has 0 fully saturated rings. The molecule has 0 saturated heterocycles. The van der Waals surface area contributed by atoms with Crippen LogP contribution in [0.15, 0.2) is 12.1 Å². The predicted molar refractivity (Wildman–Crippen MR) is 81.4 cm³/mol. The van der Waals surface area contributed by atoms with Gasteiger partial charge in [-0.15, -0.1) is 0 Å². The molecule has 0 N–H and O–H groups in total. The highest BCUT2D eigenvalue weighted by Gasteiger charge is 2.13. The fraction of sp³-hybridized carbons (Fsp3) is 0.500. The van der Waals surface area contributed by atoms with Crippen molar-refractivity contribution in [2.45, 2.75) is 40.8 Å². The lowest BCUT2D eigenvalue weighted by Crippen LogP contribution is -2.24. The van der Waals surface area contributed by atoms with E-state index in [1.54, 1.807) is 0 Å². The first-order valence-electron chi connectivity index (χ1n) is 7.16. The standard InChI is InChI=1S/C16H22N4/c1-5-19(6-2)11-16-18-14-9-12(3)13(4)10-15(14)20(16)8-7-17/h9-10H,5-6,8,11H2,1-4H3. The molecule has 0 aliphatic carbocycles. The van der Waals surface area contributed by atoms with Gasteiger partial charge in [-0.25, -0.2) is 4.98 Å². The van der Waals surface area contributed by atoms with Gasteiger partial charge in [0.25, 0.3) is 0 Å². The minimum absolute atomic E-state index is 0.357. The molecule has 2 aromatic rings. The van der Waals surface area contributed by atoms with Crippen LogP contribution in [0.2, 0.25) is 0 Å². The van der Waals surface area contributed by atoms with Crippen molar-refractivity contribution in [1.82, 2.24) is 14.5 Å². The van der Waals surface area contributed by atoms with E-state index in [-0.39, 0.29) is 0 Å². The van der Waals surface area contributed by atoms with Crippen LogP contribution >= 0.6 is 0 Å². The van der Waals surface area contributed by atoms with E-state index in [1.807, 2.05) is 4.57 Å². The fourth-order valence-corrected chi connectivity index (χ4v) is 2.44. The van der Waals surface area contributed by atoms with E-state index < -0.39 is 0 Å². The number of aryl methyl sites for hydroxylation is 2. The third kappa shape index (κ3) is 2.68. The van der Waals surface area contributed by atoms with E-state index in [0.29, 0.717) is 6.54 Å². The van der Waals surface area contributed by atoms with E-state index in [4.69, 9.17) is 10.2 Å². The van der Waals surface area contributed by atoms with Crippen LogP contribution in [0.25, 0.3) is 11.0 Å². The van der Waals surface area contributed by atoms with E-state index in [9.17, 15) is 0 Å². The SMILES string of the molecule is CCN(CC)Cc1nc2cc(C)c(C)cc2n1CC#N. The lowest BCUT2D eigenvalue weighted by Gasteiger charge is -2.17. The number of benzene rings is 1. The van der Waals surface area contributed by atoms with Gasteiger partial charge in [0.15, 0.2) is 0 Å². The van der Waals surface area contributed by atoms with E-state index in [1.165, 1.54) is 11.1 Å². The van der Waals surface area contributed by atoms with Crippen LogP contribution in [0.5, 0.6) is 0 Å². The molecule has 0 unspecified atom stereocenters. The van der Waals surface area contributed by atoms with Crippen molar-refractivity contribution in [2.75, 3.05) is 13.1 Å². The smallest absolute Gasteiger partial charge is 0.125 e. The van der Waals surface area contributed by atoms with Crippen LogP contribution < -0.4 is 0 Å². The maximum absolute atomic E-state index is 9.08. The summed E-state index contributed by atoms with van der Waals surface area (Å²) in [5, 5.41) is 9.08. The lowest BCUT2D eigenvalue weighted by atomic mass is 10.1. The molecule has 0 amide bonds. The second-order valence-electron chi connectivity index (χ2n) is 5.16. The molecule has 20 heavy (non-hydrogen) atoms. The van der Waals surface area contributed by atoms with Crippen molar-refractivity contribution in [3.8, 4) is 6.07 Å². The van der Waals surface area contributed by atoms with Crippen molar-refractivity contribution in [3.63, 3.8) is 0 Å². The lowest BCUT2D eigenvalue weighted by molar-refractivity contribution is 0.285. The summed E-state index contributed by atoms with van der Waals surface area (Å²) in [5.41, 5.74) is 4.54. The highest BCUT2D eigenvalue weighted by Crippen LogP contribution is 2.21. The Kier molecular flexibility index (Phi) is 4.41. The molecule has 4 heteroatoms. The number of imidazole rings is 1. The van der Waals surface area contributed by atoms with Gasteiger partial charge < -0.3 is 4.57 Å². The fourth-order valence-electron chi connectivity index (χ4n) is 2.44. The van der Waals surface area contributed by atoms with Crippen LogP contribution in [-0.4, -0.2) is 27.5 Å². The summed E-state index contributed by atoms with van der Waals surface area (Å²) in [6.45, 7) is 11.6. The zero-order chi connectivity index (χ0) is 14.7. The monoisotopic (exact) mass is 270 g/mol. The maximum Gasteiger partial charge on any atom is 0.125 e. The zero-order valence-corrected chi connectivity index (χ0v) is 12.8. The zero-order valence-electron chi connectivity index (χ0n) is 12.8. The molecule has 0 aliphatic rings. The number of fused-ring (bicyclic) bond motifs is 1. The van der Waals surface area contributed by atoms with Gasteiger partial charge in [0.2, 0.25) is 0 Å². The van der Waals surface area contributed by atoms with Gasteiger partial charge >= 0.3 is 0 Å². The summed E-state index contributed by atoms with van der Waals surface area (Å²) < 4.78 is 2.04. The van der Waals surface area contributed by atoms with Crippen molar-refractivity contribution in [2.24, 2.45) is 0 Å². The number of rotatable bonds is 5. The summed E-state index contributed by atoms with van der Waals surface area (Å²) in [7, 11) is 0. The van der Waals surface area contributed by atoms with Crippen molar-refractivity contribution < 1.29 is 0 Å². The Hall–Kier alpha value is -1.86. The molecule has 0 aliphatic heterocycles. The number of nitrogens with zero attached hydrogens (tertiary/aromatic N) is 4. The Morgan fingerprint density at radius 1 is 1.20 bits per heavy atom. The molecule has 0 saturated carbocycles. The van der Waals surface area contributed by atoms with Gasteiger partial charge in [0.1, 0.15) is 12.4 Å². The molecule has 4 nitrogen and oxygen atoms in total. The van der Waals surface area contributed by atoms with E-state index in [2.05, 4.69) is 50.8 Å². The Bertz CT molecular complexity index is 645. The van der Waals surface area contributed by atoms with Crippen molar-refractivity contribution in [1.29, 1.82) is 5.26 Å². The molecule has 0 radical (unpaired) electrons. The molecule has 1 aromatic carbocycles. The minimum Gasteiger partial charge on any atom is -0.313 e. The van der Waals surface area contributed by atoms with Crippen molar-refractivity contribution in [3.05, 3.63) is 29.1 Å². The normalized spacial score (nSPS) is 11.2. The molecule has 0 bridgehead atoms. The summed E-state index contributed by atoms with van der Waals surface area (Å²) >= 11 is 0. The minimum atomic E-state index is 0.357. The number of aromatic nitrogens is 2. The van der Waals surface area contributed by atoms with E-state index in [0.717, 1.165) is 36.5 Å². The van der Waals surface area contributed by atoms with Gasteiger partial charge in [-0.3, -0.25) is 4.90 Å². The van der Waals surface area contributed by atoms with Gasteiger partial charge in [0, 0.05) is 0 Å². The second-order valence-corrected chi connectivity index (χ2v) is 5.16. The van der Waals surface area contributed by atoms with Crippen LogP contribution in [0, 0.1) is 25.2 Å². The maximum atomic E-state index is 9.08. The molecule has 0 atom stereocenters. The highest BCUT2D eigenvalue weighted by atomic mass is 15.2. The number of hydrogen-bond donors (Lipinski definition) is 0. The van der Waals surface area contributed by atoms with Crippen LogP contribution in [0.3, 0.4) is 0 Å². The molecule has 106 valence electrons. The average molecular weight is 270 g/mol. The topological polar surface area (TPSA) is 44.9 Å². The third-order valence-corrected chi connectivity index (χ3v) is 3.93. The second kappa shape index (κ2) is 6.06. The third-order valence-electron chi connectivity index (χ3n) is 3.93. The van der Waals surface area contributed by atoms with Crippen LogP contribution in [-0.2, 0) is 13.1 Å². The summed E-state index contributed by atoms with van der Waals surface area (Å²) in [4.78, 5) is 7.05. The Morgan fingerprint density at radius 3 is 2.45 bits per heavy atom. The van der Waals surface area contributed by atoms with E-state index >= 15 is 0 Å². The van der Waals surface area contributed by atoms with Crippen molar-refractivity contribution >= 4 is 11.0 Å². The summed E-state index contributed by atoms with van der Waals surface area (Å²) in [6, 6.07) is 6.51. The molecular weight excluding hydrogens is 248 g/mol. The highest BCUT2D eigenvalue weighted by molar-refractivity contribution is 5.78. The first-order chi connectivity index (χ1) is 9.60. The predicted octanol–water partition coefficient (Wildman–Crippen LogP) is 3.02. The van der Waals surface area contributed by atoms with Gasteiger partial charge in [-0.05, 0) is 50.2 Å². The van der Waals surface area contributed by atoms with Crippen LogP contribution in [0.4, 0.5) is 0 Å². The molecule has 1 aromatic heterocycles. The van der Waals surface area contributed by atoms with Gasteiger partial charge in [-0.2, -0.15) is 5.26 Å². The number of hydrogen-bond acceptors (Lipinski definition) is 3. The molecule has 1 heterocycles. The Balaban J connectivity index is 2.53. The van der Waals surface area contributed by atoms with Gasteiger partial charge in [-0.1, -0.05) is 13.8 Å². The van der Waals surface area contributed by atoms with Gasteiger partial charge in [0.05, 0.1) is 23.6 Å².